The Hall–Kier alpha value is -0.970. The highest BCUT2D eigenvalue weighted by atomic mass is 32.1. The van der Waals surface area contributed by atoms with Crippen LogP contribution in [0.5, 0.6) is 0 Å². The predicted molar refractivity (Wildman–Crippen MR) is 73.8 cm³/mol. The van der Waals surface area contributed by atoms with Gasteiger partial charge < -0.3 is 0 Å². The normalized spacial score (nSPS) is 18.6. The van der Waals surface area contributed by atoms with Gasteiger partial charge in [-0.3, -0.25) is 11.3 Å². The summed E-state index contributed by atoms with van der Waals surface area (Å²) in [6, 6.07) is 7.31. The minimum atomic E-state index is -0.172. The number of nitrogens with two attached hydrogens (primary N) is 1. The van der Waals surface area contributed by atoms with Gasteiger partial charge in [0.2, 0.25) is 0 Å². The number of nitrogens with one attached hydrogen (secondary N) is 1. The maximum atomic E-state index is 13.2. The second kappa shape index (κ2) is 4.96. The number of rotatable bonds is 3. The van der Waals surface area contributed by atoms with Gasteiger partial charge in [-0.25, -0.2) is 4.39 Å². The van der Waals surface area contributed by atoms with Gasteiger partial charge in [-0.05, 0) is 42.3 Å². The van der Waals surface area contributed by atoms with Crippen molar-refractivity contribution in [3.63, 3.8) is 0 Å². The van der Waals surface area contributed by atoms with Crippen molar-refractivity contribution in [1.29, 1.82) is 0 Å². The van der Waals surface area contributed by atoms with E-state index < -0.39 is 0 Å². The summed E-state index contributed by atoms with van der Waals surface area (Å²) in [5.74, 6) is 6.17. The molecule has 0 spiro atoms. The third-order valence-electron chi connectivity index (χ3n) is 3.86. The third-order valence-corrected chi connectivity index (χ3v) is 5.04. The van der Waals surface area contributed by atoms with E-state index >= 15 is 0 Å². The highest BCUT2D eigenvalue weighted by Gasteiger charge is 2.26. The van der Waals surface area contributed by atoms with Gasteiger partial charge in [-0.15, -0.1) is 11.3 Å². The summed E-state index contributed by atoms with van der Waals surface area (Å²) < 4.78 is 14.2. The second-order valence-electron chi connectivity index (χ2n) is 5.02. The molecule has 0 radical (unpaired) electrons. The summed E-state index contributed by atoms with van der Waals surface area (Å²) in [6.45, 7) is 0. The minimum Gasteiger partial charge on any atom is -0.271 e. The number of hydrogen-bond acceptors (Lipinski definition) is 3. The molecule has 1 unspecified atom stereocenters. The van der Waals surface area contributed by atoms with Gasteiger partial charge in [0.05, 0.1) is 6.04 Å². The molecule has 0 saturated heterocycles. The van der Waals surface area contributed by atoms with Gasteiger partial charge in [-0.1, -0.05) is 18.9 Å². The summed E-state index contributed by atoms with van der Waals surface area (Å²) in [7, 11) is 0. The molecule has 3 N–H and O–H groups in total. The topological polar surface area (TPSA) is 38.0 Å². The average molecular weight is 264 g/mol. The number of hydrogen-bond donors (Lipinski definition) is 2. The number of benzene rings is 1. The highest BCUT2D eigenvalue weighted by Crippen LogP contribution is 2.39. The molecule has 1 aromatic heterocycles. The predicted octanol–water partition coefficient (Wildman–Crippen LogP) is 3.74. The first-order chi connectivity index (χ1) is 8.78. The molecule has 2 aromatic rings. The van der Waals surface area contributed by atoms with Crippen molar-refractivity contribution in [2.75, 3.05) is 0 Å². The third kappa shape index (κ3) is 2.16. The summed E-state index contributed by atoms with van der Waals surface area (Å²) in [4.78, 5) is 1.23. The first-order valence-electron chi connectivity index (χ1n) is 6.43. The molecule has 1 aliphatic carbocycles. The second-order valence-corrected chi connectivity index (χ2v) is 6.14. The van der Waals surface area contributed by atoms with E-state index in [-0.39, 0.29) is 11.9 Å². The summed E-state index contributed by atoms with van der Waals surface area (Å²) >= 11 is 1.65. The molecule has 0 amide bonds. The van der Waals surface area contributed by atoms with E-state index in [0.717, 1.165) is 10.1 Å². The van der Waals surface area contributed by atoms with Gasteiger partial charge in [0.1, 0.15) is 5.82 Å². The molecular formula is C14H17FN2S. The molecule has 1 aromatic carbocycles. The lowest BCUT2D eigenvalue weighted by Crippen LogP contribution is -2.32. The summed E-state index contributed by atoms with van der Waals surface area (Å²) in [6.07, 6.45) is 5.06. The van der Waals surface area contributed by atoms with Crippen molar-refractivity contribution in [2.24, 2.45) is 11.8 Å². The number of hydrazine groups is 1. The van der Waals surface area contributed by atoms with E-state index in [4.69, 9.17) is 5.84 Å². The molecule has 3 rings (SSSR count). The highest BCUT2D eigenvalue weighted by molar-refractivity contribution is 7.19. The van der Waals surface area contributed by atoms with Crippen LogP contribution >= 0.6 is 11.3 Å². The van der Waals surface area contributed by atoms with E-state index in [1.165, 1.54) is 36.6 Å². The molecule has 96 valence electrons. The van der Waals surface area contributed by atoms with E-state index in [0.29, 0.717) is 5.92 Å². The minimum absolute atomic E-state index is 0.172. The number of halogens is 1. The quantitative estimate of drug-likeness (QED) is 0.654. The van der Waals surface area contributed by atoms with Crippen LogP contribution < -0.4 is 11.3 Å². The molecule has 4 heteroatoms. The van der Waals surface area contributed by atoms with E-state index in [2.05, 4.69) is 11.5 Å². The Morgan fingerprint density at radius 2 is 2.06 bits per heavy atom. The Morgan fingerprint density at radius 1 is 1.28 bits per heavy atom. The summed E-state index contributed by atoms with van der Waals surface area (Å²) in [5, 5.41) is 1.11. The Labute approximate surface area is 110 Å². The fourth-order valence-electron chi connectivity index (χ4n) is 2.92. The SMILES string of the molecule is NNC(c1cc2ccc(F)cc2s1)C1CCCC1. The Bertz CT molecular complexity index is 546. The van der Waals surface area contributed by atoms with Gasteiger partial charge in [-0.2, -0.15) is 0 Å². The molecule has 0 aliphatic heterocycles. The van der Waals surface area contributed by atoms with Crippen LogP contribution in [0.1, 0.15) is 36.6 Å². The van der Waals surface area contributed by atoms with Crippen LogP contribution in [0, 0.1) is 11.7 Å². The molecule has 2 nitrogen and oxygen atoms in total. The Kier molecular flexibility index (Phi) is 3.33. The zero-order chi connectivity index (χ0) is 12.5. The van der Waals surface area contributed by atoms with Crippen LogP contribution in [0.25, 0.3) is 10.1 Å². The number of fused-ring (bicyclic) bond motifs is 1. The van der Waals surface area contributed by atoms with Crippen LogP contribution in [0.15, 0.2) is 24.3 Å². The average Bonchev–Trinajstić information content (AvgIpc) is 2.98. The van der Waals surface area contributed by atoms with Gasteiger partial charge >= 0.3 is 0 Å². The van der Waals surface area contributed by atoms with Crippen LogP contribution in [0.3, 0.4) is 0 Å². The molecule has 18 heavy (non-hydrogen) atoms. The standard InChI is InChI=1S/C14H17FN2S/c15-11-6-5-10-7-13(18-12(10)8-11)14(17-16)9-3-1-2-4-9/h5-9,14,17H,1-4,16H2. The van der Waals surface area contributed by atoms with Gasteiger partial charge in [0, 0.05) is 9.58 Å². The zero-order valence-corrected chi connectivity index (χ0v) is 11.0. The maximum Gasteiger partial charge on any atom is 0.124 e. The van der Waals surface area contributed by atoms with E-state index in [1.807, 2.05) is 6.07 Å². The molecule has 1 atom stereocenters. The molecule has 1 heterocycles. The van der Waals surface area contributed by atoms with E-state index in [9.17, 15) is 4.39 Å². The van der Waals surface area contributed by atoms with Crippen LogP contribution in [0.2, 0.25) is 0 Å². The Balaban J connectivity index is 1.96. The first kappa shape index (κ1) is 12.1. The van der Waals surface area contributed by atoms with Crippen LogP contribution in [-0.4, -0.2) is 0 Å². The monoisotopic (exact) mass is 264 g/mol. The number of thiophene rings is 1. The van der Waals surface area contributed by atoms with Crippen LogP contribution in [-0.2, 0) is 0 Å². The maximum absolute atomic E-state index is 13.2. The van der Waals surface area contributed by atoms with Crippen molar-refractivity contribution in [1.82, 2.24) is 5.43 Å². The van der Waals surface area contributed by atoms with Gasteiger partial charge in [0.15, 0.2) is 0 Å². The lowest BCUT2D eigenvalue weighted by Gasteiger charge is -2.20. The van der Waals surface area contributed by atoms with Crippen molar-refractivity contribution in [3.8, 4) is 0 Å². The summed E-state index contributed by atoms with van der Waals surface area (Å²) in [5.41, 5.74) is 2.95. The molecule has 1 saturated carbocycles. The molecule has 1 aliphatic rings. The van der Waals surface area contributed by atoms with Gasteiger partial charge in [0.25, 0.3) is 0 Å². The largest absolute Gasteiger partial charge is 0.271 e. The fourth-order valence-corrected chi connectivity index (χ4v) is 4.16. The van der Waals surface area contributed by atoms with Crippen molar-refractivity contribution in [3.05, 3.63) is 35.0 Å². The smallest absolute Gasteiger partial charge is 0.124 e. The molecule has 1 fully saturated rings. The Morgan fingerprint density at radius 3 is 2.78 bits per heavy atom. The van der Waals surface area contributed by atoms with Crippen molar-refractivity contribution < 1.29 is 4.39 Å². The molecule has 0 bridgehead atoms. The van der Waals surface area contributed by atoms with Crippen molar-refractivity contribution in [2.45, 2.75) is 31.7 Å². The van der Waals surface area contributed by atoms with E-state index in [1.54, 1.807) is 17.4 Å². The van der Waals surface area contributed by atoms with Crippen molar-refractivity contribution >= 4 is 21.4 Å². The zero-order valence-electron chi connectivity index (χ0n) is 10.2. The lowest BCUT2D eigenvalue weighted by molar-refractivity contribution is 0.379. The first-order valence-corrected chi connectivity index (χ1v) is 7.24. The fraction of sp³-hybridized carbons (Fsp3) is 0.429. The van der Waals surface area contributed by atoms with Crippen LogP contribution in [0.4, 0.5) is 4.39 Å². The molecular weight excluding hydrogens is 247 g/mol. The lowest BCUT2D eigenvalue weighted by atomic mass is 9.97.